The van der Waals surface area contributed by atoms with Crippen LogP contribution in [0.5, 0.6) is 11.5 Å². The number of para-hydroxylation sites is 4. The second-order valence-corrected chi connectivity index (χ2v) is 12.0. The van der Waals surface area contributed by atoms with E-state index in [0.29, 0.717) is 0 Å². The summed E-state index contributed by atoms with van der Waals surface area (Å²) in [6.45, 7) is 0. The zero-order valence-electron chi connectivity index (χ0n) is 25.0. The van der Waals surface area contributed by atoms with Gasteiger partial charge in [0.15, 0.2) is 0 Å². The molecule has 4 nitrogen and oxygen atoms in total. The van der Waals surface area contributed by atoms with E-state index in [1.54, 1.807) is 12.1 Å². The minimum Gasteiger partial charge on any atom is -0.508 e. The van der Waals surface area contributed by atoms with Crippen molar-refractivity contribution in [2.75, 3.05) is 4.90 Å². The fraction of sp³-hybridized carbons (Fsp3) is 0.0476. The third kappa shape index (κ3) is 3.87. The number of anilines is 2. The minimum atomic E-state index is -0.138. The van der Waals surface area contributed by atoms with Crippen molar-refractivity contribution >= 4 is 27.9 Å². The predicted octanol–water partition coefficient (Wildman–Crippen LogP) is 9.88. The zero-order chi connectivity index (χ0) is 30.8. The first kappa shape index (κ1) is 26.4. The Labute approximate surface area is 267 Å². The lowest BCUT2D eigenvalue weighted by Crippen LogP contribution is -2.26. The van der Waals surface area contributed by atoms with Crippen molar-refractivity contribution < 1.29 is 10.2 Å². The van der Waals surface area contributed by atoms with Crippen molar-refractivity contribution in [1.29, 1.82) is 0 Å². The molecule has 0 saturated heterocycles. The van der Waals surface area contributed by atoms with Crippen molar-refractivity contribution in [2.45, 2.75) is 11.8 Å². The van der Waals surface area contributed by atoms with Crippen molar-refractivity contribution in [1.82, 2.24) is 4.57 Å². The molecule has 2 atom stereocenters. The molecule has 7 aromatic rings. The molecule has 220 valence electrons. The summed E-state index contributed by atoms with van der Waals surface area (Å²) >= 11 is 0. The number of rotatable bonds is 4. The molecule has 0 amide bonds. The Morgan fingerprint density at radius 3 is 1.93 bits per heavy atom. The van der Waals surface area contributed by atoms with E-state index in [1.807, 2.05) is 24.3 Å². The van der Waals surface area contributed by atoms with Gasteiger partial charge in [0.25, 0.3) is 0 Å². The number of phenolic OH excluding ortho intramolecular Hbond substituents is 2. The van der Waals surface area contributed by atoms with Gasteiger partial charge in [0.1, 0.15) is 11.5 Å². The summed E-state index contributed by atoms with van der Waals surface area (Å²) in [5, 5.41) is 22.9. The number of aromatic hydroxyl groups is 2. The molecule has 2 N–H and O–H groups in total. The average Bonchev–Trinajstić information content (AvgIpc) is 3.61. The third-order valence-electron chi connectivity index (χ3n) is 9.49. The molecular weight excluding hydrogens is 564 g/mol. The van der Waals surface area contributed by atoms with Gasteiger partial charge < -0.3 is 19.7 Å². The summed E-state index contributed by atoms with van der Waals surface area (Å²) < 4.78 is 2.41. The molecule has 9 rings (SSSR count). The third-order valence-corrected chi connectivity index (χ3v) is 9.49. The molecule has 2 unspecified atom stereocenters. The van der Waals surface area contributed by atoms with Gasteiger partial charge in [0.2, 0.25) is 0 Å². The van der Waals surface area contributed by atoms with Crippen LogP contribution in [0, 0.1) is 0 Å². The number of fused-ring (bicyclic) bond motifs is 6. The monoisotopic (exact) mass is 594 g/mol. The van der Waals surface area contributed by atoms with Gasteiger partial charge >= 0.3 is 0 Å². The Bertz CT molecular complexity index is 2300. The van der Waals surface area contributed by atoms with Crippen LogP contribution in [0.1, 0.15) is 39.8 Å². The van der Waals surface area contributed by atoms with Crippen molar-refractivity contribution in [2.24, 2.45) is 0 Å². The van der Waals surface area contributed by atoms with Crippen LogP contribution < -0.4 is 4.90 Å². The summed E-state index contributed by atoms with van der Waals surface area (Å²) in [7, 11) is 0. The van der Waals surface area contributed by atoms with E-state index in [2.05, 4.69) is 131 Å². The van der Waals surface area contributed by atoms with E-state index in [4.69, 9.17) is 0 Å². The maximum absolute atomic E-state index is 10.9. The maximum Gasteiger partial charge on any atom is 0.116 e. The molecule has 4 heteroatoms. The average molecular weight is 595 g/mol. The highest BCUT2D eigenvalue weighted by Crippen LogP contribution is 2.62. The number of hydrogen-bond donors (Lipinski definition) is 2. The first-order valence-corrected chi connectivity index (χ1v) is 15.6. The number of hydrogen-bond acceptors (Lipinski definition) is 3. The Hall–Kier alpha value is -6.00. The van der Waals surface area contributed by atoms with Gasteiger partial charge in [-0.05, 0) is 77.4 Å². The highest BCUT2D eigenvalue weighted by Gasteiger charge is 2.48. The number of nitrogens with zero attached hydrogens (tertiary/aromatic N) is 2. The zero-order valence-corrected chi connectivity index (χ0v) is 25.0. The number of aromatic nitrogens is 1. The van der Waals surface area contributed by atoms with Crippen molar-refractivity contribution in [3.63, 3.8) is 0 Å². The smallest absolute Gasteiger partial charge is 0.116 e. The first-order valence-electron chi connectivity index (χ1n) is 15.6. The van der Waals surface area contributed by atoms with E-state index in [9.17, 15) is 10.2 Å². The molecule has 2 aliphatic rings. The Kier molecular flexibility index (Phi) is 5.90. The van der Waals surface area contributed by atoms with Crippen molar-refractivity contribution in [3.05, 3.63) is 191 Å². The fourth-order valence-electron chi connectivity index (χ4n) is 7.81. The molecular formula is C42H30N2O2. The van der Waals surface area contributed by atoms with E-state index >= 15 is 0 Å². The quantitative estimate of drug-likeness (QED) is 0.213. The molecule has 2 heterocycles. The van der Waals surface area contributed by atoms with E-state index in [-0.39, 0.29) is 23.3 Å². The predicted molar refractivity (Wildman–Crippen MR) is 185 cm³/mol. The summed E-state index contributed by atoms with van der Waals surface area (Å²) in [6.07, 6.45) is 0. The molecule has 1 aliphatic carbocycles. The number of allylic oxidation sites excluding steroid dienone is 1. The second kappa shape index (κ2) is 10.3. The lowest BCUT2D eigenvalue weighted by atomic mass is 9.70. The van der Waals surface area contributed by atoms with Gasteiger partial charge in [-0.2, -0.15) is 0 Å². The number of benzene rings is 6. The van der Waals surface area contributed by atoms with Gasteiger partial charge in [0, 0.05) is 56.8 Å². The van der Waals surface area contributed by atoms with Crippen molar-refractivity contribution in [3.8, 4) is 17.2 Å². The van der Waals surface area contributed by atoms with Crippen LogP contribution >= 0.6 is 0 Å². The minimum absolute atomic E-state index is 0.0881. The van der Waals surface area contributed by atoms with E-state index in [1.165, 1.54) is 5.56 Å². The maximum atomic E-state index is 10.9. The van der Waals surface area contributed by atoms with Gasteiger partial charge in [-0.3, -0.25) is 0 Å². The molecule has 46 heavy (non-hydrogen) atoms. The molecule has 0 fully saturated rings. The van der Waals surface area contributed by atoms with Crippen LogP contribution in [-0.2, 0) is 0 Å². The molecule has 0 spiro atoms. The standard InChI is InChI=1S/C42H30N2O2/c45-31-19-11-13-27(25-31)37-40-34-22-8-10-24-36(34)44(30-17-5-2-6-18-30)42(40)38(28-14-12-20-32(46)26-28)39-33-21-7-9-23-35(33)43(41(37)39)29-15-3-1-4-16-29/h1-26,37,40,45-46H. The number of phenols is 2. The Morgan fingerprint density at radius 2 is 1.17 bits per heavy atom. The van der Waals surface area contributed by atoms with E-state index in [0.717, 1.165) is 61.6 Å². The van der Waals surface area contributed by atoms with Crippen LogP contribution in [0.15, 0.2) is 163 Å². The molecule has 0 saturated carbocycles. The summed E-state index contributed by atoms with van der Waals surface area (Å²) in [6, 6.07) is 53.8. The molecule has 1 aliphatic heterocycles. The normalized spacial score (nSPS) is 16.7. The largest absolute Gasteiger partial charge is 0.508 e. The summed E-state index contributed by atoms with van der Waals surface area (Å²) in [5.74, 6) is 0.250. The summed E-state index contributed by atoms with van der Waals surface area (Å²) in [4.78, 5) is 2.41. The van der Waals surface area contributed by atoms with E-state index < -0.39 is 0 Å². The lowest BCUT2D eigenvalue weighted by molar-refractivity contribution is 0.473. The summed E-state index contributed by atoms with van der Waals surface area (Å²) in [5.41, 5.74) is 12.2. The van der Waals surface area contributed by atoms with Gasteiger partial charge in [-0.25, -0.2) is 0 Å². The second-order valence-electron chi connectivity index (χ2n) is 12.0. The fourth-order valence-corrected chi connectivity index (χ4v) is 7.81. The Balaban J connectivity index is 1.52. The lowest BCUT2D eigenvalue weighted by Gasteiger charge is -2.37. The van der Waals surface area contributed by atoms with Crippen LogP contribution in [0.2, 0.25) is 0 Å². The highest BCUT2D eigenvalue weighted by molar-refractivity contribution is 6.05. The van der Waals surface area contributed by atoms with Gasteiger partial charge in [-0.15, -0.1) is 0 Å². The van der Waals surface area contributed by atoms with Crippen LogP contribution in [0.3, 0.4) is 0 Å². The molecule has 1 aromatic heterocycles. The van der Waals surface area contributed by atoms with Crippen LogP contribution in [0.4, 0.5) is 11.4 Å². The first-order chi connectivity index (χ1) is 22.7. The molecule has 6 aromatic carbocycles. The van der Waals surface area contributed by atoms with Crippen LogP contribution in [0.25, 0.3) is 22.2 Å². The van der Waals surface area contributed by atoms with Gasteiger partial charge in [0.05, 0.1) is 5.52 Å². The van der Waals surface area contributed by atoms with Gasteiger partial charge in [-0.1, -0.05) is 97.1 Å². The highest BCUT2D eigenvalue weighted by atomic mass is 16.3. The SMILES string of the molecule is Oc1cccc(C2=C3C(c4ccccc4N3c3ccccc3)C(c3cccc(O)c3)c3c2c2ccccc2n3-c2ccccc2)c1. The topological polar surface area (TPSA) is 48.6 Å². The molecule has 0 bridgehead atoms. The van der Waals surface area contributed by atoms with Crippen LogP contribution in [-0.4, -0.2) is 14.8 Å². The Morgan fingerprint density at radius 1 is 0.522 bits per heavy atom. The molecule has 0 radical (unpaired) electrons.